The molecule has 0 radical (unpaired) electrons. The van der Waals surface area contributed by atoms with E-state index in [1.54, 1.807) is 0 Å². The van der Waals surface area contributed by atoms with Gasteiger partial charge in [0.1, 0.15) is 5.56 Å². The SMILES string of the molecule is O=C(O)c1cc2cc(Cl)c(O)c([N+](=O)[O-])c2oc1=O. The summed E-state index contributed by atoms with van der Waals surface area (Å²) in [5.74, 6) is -2.40. The molecule has 2 N–H and O–H groups in total. The first-order valence-corrected chi connectivity index (χ1v) is 5.07. The Kier molecular flexibility index (Phi) is 2.87. The summed E-state index contributed by atoms with van der Waals surface area (Å²) in [6.07, 6.45) is 0. The topological polar surface area (TPSA) is 131 Å². The Morgan fingerprint density at radius 1 is 1.42 bits per heavy atom. The van der Waals surface area contributed by atoms with Gasteiger partial charge in [0.15, 0.2) is 0 Å². The number of carbonyl (C=O) groups is 1. The lowest BCUT2D eigenvalue weighted by atomic mass is 10.1. The highest BCUT2D eigenvalue weighted by atomic mass is 35.5. The van der Waals surface area contributed by atoms with Crippen LogP contribution in [0.15, 0.2) is 21.3 Å². The van der Waals surface area contributed by atoms with E-state index in [4.69, 9.17) is 16.7 Å². The van der Waals surface area contributed by atoms with Crippen LogP contribution in [0.5, 0.6) is 5.75 Å². The number of aromatic hydroxyl groups is 1. The zero-order valence-corrected chi connectivity index (χ0v) is 9.67. The van der Waals surface area contributed by atoms with Crippen molar-refractivity contribution in [2.24, 2.45) is 0 Å². The third-order valence-electron chi connectivity index (χ3n) is 2.34. The molecule has 0 unspecified atom stereocenters. The second-order valence-electron chi connectivity index (χ2n) is 3.48. The van der Waals surface area contributed by atoms with Crippen LogP contribution in [0.3, 0.4) is 0 Å². The Morgan fingerprint density at radius 3 is 2.58 bits per heavy atom. The Bertz CT molecular complexity index is 780. The number of nitro groups is 1. The fraction of sp³-hybridized carbons (Fsp3) is 0. The summed E-state index contributed by atoms with van der Waals surface area (Å²) < 4.78 is 4.59. The molecule has 0 fully saturated rings. The molecule has 0 aliphatic rings. The molecule has 98 valence electrons. The van der Waals surface area contributed by atoms with Crippen molar-refractivity contribution in [2.75, 3.05) is 0 Å². The van der Waals surface area contributed by atoms with Crippen molar-refractivity contribution in [3.63, 3.8) is 0 Å². The minimum atomic E-state index is -1.54. The van der Waals surface area contributed by atoms with Gasteiger partial charge in [0.25, 0.3) is 0 Å². The van der Waals surface area contributed by atoms with Crippen LogP contribution in [0.1, 0.15) is 10.4 Å². The summed E-state index contributed by atoms with van der Waals surface area (Å²) >= 11 is 5.59. The van der Waals surface area contributed by atoms with Gasteiger partial charge in [0.05, 0.1) is 9.95 Å². The van der Waals surface area contributed by atoms with Crippen LogP contribution in [0.25, 0.3) is 11.0 Å². The second-order valence-corrected chi connectivity index (χ2v) is 3.89. The van der Waals surface area contributed by atoms with Gasteiger partial charge in [0.2, 0.25) is 11.3 Å². The largest absolute Gasteiger partial charge is 0.501 e. The lowest BCUT2D eigenvalue weighted by molar-refractivity contribution is -0.384. The molecule has 1 aromatic heterocycles. The molecule has 0 aliphatic carbocycles. The lowest BCUT2D eigenvalue weighted by Crippen LogP contribution is -2.13. The number of phenolic OH excluding ortho intramolecular Hbond substituents is 1. The van der Waals surface area contributed by atoms with Gasteiger partial charge < -0.3 is 14.6 Å². The maximum absolute atomic E-state index is 11.4. The summed E-state index contributed by atoms with van der Waals surface area (Å²) in [7, 11) is 0. The van der Waals surface area contributed by atoms with Gasteiger partial charge in [0, 0.05) is 5.39 Å². The number of hydrogen-bond donors (Lipinski definition) is 2. The first-order valence-electron chi connectivity index (χ1n) is 4.70. The molecule has 0 amide bonds. The van der Waals surface area contributed by atoms with E-state index in [9.17, 15) is 24.8 Å². The van der Waals surface area contributed by atoms with Gasteiger partial charge in [-0.1, -0.05) is 11.6 Å². The van der Waals surface area contributed by atoms with E-state index in [0.717, 1.165) is 12.1 Å². The van der Waals surface area contributed by atoms with Crippen LogP contribution in [-0.4, -0.2) is 21.1 Å². The van der Waals surface area contributed by atoms with Crippen molar-refractivity contribution in [3.05, 3.63) is 43.3 Å². The summed E-state index contributed by atoms with van der Waals surface area (Å²) in [5.41, 5.74) is -3.38. The molecule has 2 aromatic rings. The standard InChI is InChI=1S/C10H4ClNO7/c11-5-2-3-1-4(9(14)15)10(16)19-8(3)6(7(5)13)12(17)18/h1-2,13H,(H,14,15). The predicted octanol–water partition coefficient (Wildman–Crippen LogP) is 1.76. The predicted molar refractivity (Wildman–Crippen MR) is 62.8 cm³/mol. The fourth-order valence-electron chi connectivity index (χ4n) is 1.52. The van der Waals surface area contributed by atoms with Crippen LogP contribution >= 0.6 is 11.6 Å². The molecular weight excluding hydrogens is 282 g/mol. The molecule has 9 heteroatoms. The molecule has 0 bridgehead atoms. The molecule has 0 saturated carbocycles. The van der Waals surface area contributed by atoms with Gasteiger partial charge >= 0.3 is 17.3 Å². The van der Waals surface area contributed by atoms with Crippen molar-refractivity contribution in [2.45, 2.75) is 0 Å². The first-order chi connectivity index (χ1) is 8.82. The monoisotopic (exact) mass is 285 g/mol. The van der Waals surface area contributed by atoms with Gasteiger partial charge in [-0.2, -0.15) is 0 Å². The number of hydrogen-bond acceptors (Lipinski definition) is 6. The molecule has 0 atom stereocenters. The zero-order valence-electron chi connectivity index (χ0n) is 8.92. The van der Waals surface area contributed by atoms with Crippen molar-refractivity contribution >= 4 is 34.2 Å². The van der Waals surface area contributed by atoms with Crippen LogP contribution in [-0.2, 0) is 0 Å². The molecular formula is C10H4ClNO7. The highest BCUT2D eigenvalue weighted by Crippen LogP contribution is 2.39. The summed E-state index contributed by atoms with van der Waals surface area (Å²) in [6.45, 7) is 0. The molecule has 0 spiro atoms. The molecule has 1 aromatic carbocycles. The van der Waals surface area contributed by atoms with Crippen molar-refractivity contribution in [3.8, 4) is 5.75 Å². The van der Waals surface area contributed by atoms with Crippen LogP contribution < -0.4 is 5.63 Å². The Morgan fingerprint density at radius 2 is 2.05 bits per heavy atom. The zero-order chi connectivity index (χ0) is 14.3. The third-order valence-corrected chi connectivity index (χ3v) is 2.63. The van der Waals surface area contributed by atoms with Gasteiger partial charge in [-0.15, -0.1) is 0 Å². The summed E-state index contributed by atoms with van der Waals surface area (Å²) in [6, 6.07) is 1.95. The normalized spacial score (nSPS) is 10.6. The minimum Gasteiger partial charge on any atom is -0.501 e. The van der Waals surface area contributed by atoms with E-state index in [0.29, 0.717) is 0 Å². The number of carboxylic acids is 1. The molecule has 2 rings (SSSR count). The minimum absolute atomic E-state index is 0.0773. The van der Waals surface area contributed by atoms with E-state index < -0.39 is 39.1 Å². The number of aromatic carboxylic acids is 1. The molecule has 1 heterocycles. The number of benzene rings is 1. The number of halogens is 1. The number of nitrogens with zero attached hydrogens (tertiary/aromatic N) is 1. The highest BCUT2D eigenvalue weighted by molar-refractivity contribution is 6.33. The smallest absolute Gasteiger partial charge is 0.355 e. The number of phenols is 1. The molecule has 0 aliphatic heterocycles. The fourth-order valence-corrected chi connectivity index (χ4v) is 1.73. The molecule has 0 saturated heterocycles. The van der Waals surface area contributed by atoms with Crippen LogP contribution in [0.4, 0.5) is 5.69 Å². The average molecular weight is 286 g/mol. The first kappa shape index (κ1) is 12.8. The van der Waals surface area contributed by atoms with Crippen molar-refractivity contribution in [1.29, 1.82) is 0 Å². The third kappa shape index (κ3) is 1.97. The van der Waals surface area contributed by atoms with Gasteiger partial charge in [-0.25, -0.2) is 9.59 Å². The van der Waals surface area contributed by atoms with E-state index in [-0.39, 0.29) is 10.4 Å². The molecule has 8 nitrogen and oxygen atoms in total. The van der Waals surface area contributed by atoms with Crippen molar-refractivity contribution in [1.82, 2.24) is 0 Å². The van der Waals surface area contributed by atoms with E-state index >= 15 is 0 Å². The van der Waals surface area contributed by atoms with E-state index in [1.165, 1.54) is 0 Å². The Hall–Kier alpha value is -2.61. The van der Waals surface area contributed by atoms with Crippen LogP contribution in [0.2, 0.25) is 5.02 Å². The number of carboxylic acid groups (broad SMARTS) is 1. The number of rotatable bonds is 2. The molecule has 19 heavy (non-hydrogen) atoms. The second kappa shape index (κ2) is 4.25. The van der Waals surface area contributed by atoms with E-state index in [1.807, 2.05) is 0 Å². The van der Waals surface area contributed by atoms with Gasteiger partial charge in [-0.05, 0) is 12.1 Å². The number of fused-ring (bicyclic) bond motifs is 1. The Balaban J connectivity index is 2.99. The Labute approximate surface area is 108 Å². The van der Waals surface area contributed by atoms with Crippen LogP contribution in [0, 0.1) is 10.1 Å². The maximum atomic E-state index is 11.4. The van der Waals surface area contributed by atoms with Gasteiger partial charge in [-0.3, -0.25) is 10.1 Å². The summed E-state index contributed by atoms with van der Waals surface area (Å²) in [5, 5.41) is 28.6. The number of nitro benzene ring substituents is 1. The quantitative estimate of drug-likeness (QED) is 0.488. The lowest BCUT2D eigenvalue weighted by Gasteiger charge is -2.03. The summed E-state index contributed by atoms with van der Waals surface area (Å²) in [4.78, 5) is 32.0. The highest BCUT2D eigenvalue weighted by Gasteiger charge is 2.26. The maximum Gasteiger partial charge on any atom is 0.355 e. The van der Waals surface area contributed by atoms with E-state index in [2.05, 4.69) is 4.42 Å². The van der Waals surface area contributed by atoms with Crippen molar-refractivity contribution < 1.29 is 24.3 Å². The average Bonchev–Trinajstić information content (AvgIpc) is 2.30.